The Bertz CT molecular complexity index is 1660. The van der Waals surface area contributed by atoms with E-state index >= 15 is 0 Å². The van der Waals surface area contributed by atoms with Crippen molar-refractivity contribution in [3.8, 4) is 0 Å². The molecular formula is C27H22F3N5O2. The zero-order chi connectivity index (χ0) is 26.2. The normalized spacial score (nSPS) is 12.5. The van der Waals surface area contributed by atoms with Gasteiger partial charge in [-0.05, 0) is 41.3 Å². The number of alkyl halides is 3. The van der Waals surface area contributed by atoms with Gasteiger partial charge >= 0.3 is 6.18 Å². The molecule has 37 heavy (non-hydrogen) atoms. The largest absolute Gasteiger partial charge is 0.412 e. The Morgan fingerprint density at radius 3 is 2.54 bits per heavy atom. The number of carbonyl (C=O) groups excluding carboxylic acids is 1. The average Bonchev–Trinajstić information content (AvgIpc) is 3.24. The smallest absolute Gasteiger partial charge is 0.355 e. The van der Waals surface area contributed by atoms with Crippen molar-refractivity contribution in [1.82, 2.24) is 19.7 Å². The van der Waals surface area contributed by atoms with E-state index in [9.17, 15) is 22.8 Å². The average molecular weight is 506 g/mol. The fourth-order valence-corrected chi connectivity index (χ4v) is 4.32. The maximum Gasteiger partial charge on any atom is 0.412 e. The van der Waals surface area contributed by atoms with Crippen molar-refractivity contribution in [2.24, 2.45) is 7.05 Å². The number of anilines is 2. The fraction of sp³-hybridized carbons (Fsp3) is 0.148. The van der Waals surface area contributed by atoms with Gasteiger partial charge in [-0.2, -0.15) is 18.3 Å². The van der Waals surface area contributed by atoms with Gasteiger partial charge in [0.2, 0.25) is 5.91 Å². The molecule has 0 saturated carbocycles. The Morgan fingerprint density at radius 2 is 1.78 bits per heavy atom. The summed E-state index contributed by atoms with van der Waals surface area (Å²) in [7, 11) is 1.84. The van der Waals surface area contributed by atoms with Crippen LogP contribution in [0, 0.1) is 0 Å². The number of halogens is 3. The first-order valence-electron chi connectivity index (χ1n) is 11.4. The second-order valence-electron chi connectivity index (χ2n) is 8.64. The maximum absolute atomic E-state index is 13.7. The number of pyridine rings is 1. The molecule has 0 aliphatic rings. The van der Waals surface area contributed by atoms with Gasteiger partial charge in [-0.1, -0.05) is 42.5 Å². The molecule has 1 unspecified atom stereocenters. The Kier molecular flexibility index (Phi) is 6.16. The number of nitrogens with zero attached hydrogens (tertiary/aromatic N) is 3. The highest BCUT2D eigenvalue weighted by atomic mass is 19.4. The lowest BCUT2D eigenvalue weighted by molar-refractivity contribution is -0.163. The number of rotatable bonds is 6. The van der Waals surface area contributed by atoms with Crippen LogP contribution in [-0.2, 0) is 18.4 Å². The Labute approximate surface area is 209 Å². The highest BCUT2D eigenvalue weighted by Gasteiger charge is 2.41. The van der Waals surface area contributed by atoms with E-state index in [1.54, 1.807) is 41.2 Å². The van der Waals surface area contributed by atoms with Crippen LogP contribution in [0.3, 0.4) is 0 Å². The first kappa shape index (κ1) is 24.1. The summed E-state index contributed by atoms with van der Waals surface area (Å²) in [5.74, 6) is -0.930. The number of hydrogen-bond donors (Lipinski definition) is 2. The third kappa shape index (κ3) is 4.90. The van der Waals surface area contributed by atoms with Crippen LogP contribution < -0.4 is 16.2 Å². The van der Waals surface area contributed by atoms with Crippen LogP contribution >= 0.6 is 0 Å². The van der Waals surface area contributed by atoms with Gasteiger partial charge in [-0.25, -0.2) is 0 Å². The summed E-state index contributed by atoms with van der Waals surface area (Å²) in [6, 6.07) is 17.5. The van der Waals surface area contributed by atoms with Crippen molar-refractivity contribution in [1.29, 1.82) is 0 Å². The van der Waals surface area contributed by atoms with Gasteiger partial charge in [0.1, 0.15) is 6.54 Å². The summed E-state index contributed by atoms with van der Waals surface area (Å²) in [4.78, 5) is 26.0. The molecule has 0 aliphatic carbocycles. The monoisotopic (exact) mass is 505 g/mol. The summed E-state index contributed by atoms with van der Waals surface area (Å²) < 4.78 is 43.8. The van der Waals surface area contributed by atoms with E-state index in [2.05, 4.69) is 10.4 Å². The molecular weight excluding hydrogens is 483 g/mol. The van der Waals surface area contributed by atoms with E-state index < -0.39 is 30.2 Å². The lowest BCUT2D eigenvalue weighted by atomic mass is 10.1. The summed E-state index contributed by atoms with van der Waals surface area (Å²) in [5.41, 5.74) is 1.60. The van der Waals surface area contributed by atoms with Gasteiger partial charge in [0.25, 0.3) is 5.56 Å². The first-order valence-corrected chi connectivity index (χ1v) is 11.4. The summed E-state index contributed by atoms with van der Waals surface area (Å²) >= 11 is 0. The molecule has 5 aromatic rings. The van der Waals surface area contributed by atoms with E-state index in [0.717, 1.165) is 21.2 Å². The van der Waals surface area contributed by atoms with Crippen molar-refractivity contribution < 1.29 is 18.0 Å². The molecule has 2 N–H and O–H groups in total. The molecule has 0 fully saturated rings. The van der Waals surface area contributed by atoms with Gasteiger partial charge in [0.15, 0.2) is 6.04 Å². The molecule has 0 saturated heterocycles. The van der Waals surface area contributed by atoms with Crippen LogP contribution in [0.25, 0.3) is 21.7 Å². The minimum absolute atomic E-state index is 0.0914. The van der Waals surface area contributed by atoms with E-state index in [1.807, 2.05) is 30.6 Å². The van der Waals surface area contributed by atoms with Crippen molar-refractivity contribution in [3.63, 3.8) is 0 Å². The summed E-state index contributed by atoms with van der Waals surface area (Å²) in [5, 5.41) is 11.4. The number of benzene rings is 3. The van der Waals surface area contributed by atoms with Crippen LogP contribution in [0.1, 0.15) is 11.6 Å². The van der Waals surface area contributed by atoms with Crippen molar-refractivity contribution in [2.75, 3.05) is 5.32 Å². The topological polar surface area (TPSA) is 81.0 Å². The Balaban J connectivity index is 1.43. The second kappa shape index (κ2) is 9.45. The maximum atomic E-state index is 13.7. The van der Waals surface area contributed by atoms with Crippen LogP contribution in [-0.4, -0.2) is 26.4 Å². The number of fused-ring (bicyclic) bond motifs is 2. The number of hydrogen-bond acceptors (Lipinski definition) is 4. The van der Waals surface area contributed by atoms with Crippen molar-refractivity contribution in [3.05, 3.63) is 101 Å². The highest BCUT2D eigenvalue weighted by Crippen LogP contribution is 2.32. The second-order valence-corrected chi connectivity index (χ2v) is 8.64. The number of nitrogens with one attached hydrogen (secondary N) is 2. The molecule has 5 rings (SSSR count). The lowest BCUT2D eigenvalue weighted by Gasteiger charge is -2.22. The van der Waals surface area contributed by atoms with E-state index in [-0.39, 0.29) is 5.56 Å². The Morgan fingerprint density at radius 1 is 1.00 bits per heavy atom. The fourth-order valence-electron chi connectivity index (χ4n) is 4.32. The number of aryl methyl sites for hydroxylation is 1. The predicted octanol–water partition coefficient (Wildman–Crippen LogP) is 5.05. The predicted molar refractivity (Wildman–Crippen MR) is 136 cm³/mol. The van der Waals surface area contributed by atoms with Crippen LogP contribution in [0.4, 0.5) is 24.5 Å². The molecule has 188 valence electrons. The van der Waals surface area contributed by atoms with E-state index in [4.69, 9.17) is 0 Å². The molecule has 2 heterocycles. The van der Waals surface area contributed by atoms with Gasteiger partial charge in [-0.3, -0.25) is 14.3 Å². The first-order chi connectivity index (χ1) is 17.7. The van der Waals surface area contributed by atoms with Crippen LogP contribution in [0.15, 0.2) is 90.0 Å². The third-order valence-electron chi connectivity index (χ3n) is 6.11. The SMILES string of the molecule is Cn1ncc2cc(Nc3cccc4ccn(CC(=O)NC(c5ccccc5)C(F)(F)F)c(=O)c34)ccc21. The molecule has 1 amide bonds. The van der Waals surface area contributed by atoms with Gasteiger partial charge < -0.3 is 15.2 Å². The molecule has 0 aliphatic heterocycles. The molecule has 7 nitrogen and oxygen atoms in total. The zero-order valence-corrected chi connectivity index (χ0v) is 19.7. The molecule has 1 atom stereocenters. The minimum Gasteiger partial charge on any atom is -0.355 e. The standard InChI is InChI=1S/C27H22F3N5O2/c1-34-22-11-10-20(14-19(22)15-31-34)32-21-9-5-8-17-12-13-35(26(37)24(17)21)16-23(36)33-25(27(28,29)30)18-6-3-2-4-7-18/h2-15,25,32H,16H2,1H3,(H,33,36). The van der Waals surface area contributed by atoms with E-state index in [1.165, 1.54) is 30.5 Å². The minimum atomic E-state index is -4.70. The lowest BCUT2D eigenvalue weighted by Crippen LogP contribution is -2.40. The van der Waals surface area contributed by atoms with E-state index in [0.29, 0.717) is 16.5 Å². The van der Waals surface area contributed by atoms with Crippen LogP contribution in [0.2, 0.25) is 0 Å². The Hall–Kier alpha value is -4.60. The quantitative estimate of drug-likeness (QED) is 0.338. The van der Waals surface area contributed by atoms with Gasteiger partial charge in [-0.15, -0.1) is 0 Å². The zero-order valence-electron chi connectivity index (χ0n) is 19.7. The number of amides is 1. The molecule has 10 heteroatoms. The van der Waals surface area contributed by atoms with Gasteiger partial charge in [0.05, 0.1) is 22.8 Å². The number of carbonyl (C=O) groups is 1. The molecule has 0 bridgehead atoms. The van der Waals surface area contributed by atoms with Gasteiger partial charge in [0, 0.05) is 24.3 Å². The van der Waals surface area contributed by atoms with Crippen molar-refractivity contribution in [2.45, 2.75) is 18.8 Å². The highest BCUT2D eigenvalue weighted by molar-refractivity contribution is 5.95. The molecule has 0 radical (unpaired) electrons. The molecule has 2 aromatic heterocycles. The van der Waals surface area contributed by atoms with Crippen LogP contribution in [0.5, 0.6) is 0 Å². The van der Waals surface area contributed by atoms with Crippen molar-refractivity contribution >= 4 is 39.0 Å². The third-order valence-corrected chi connectivity index (χ3v) is 6.11. The molecule has 0 spiro atoms. The molecule has 3 aromatic carbocycles. The summed E-state index contributed by atoms with van der Waals surface area (Å²) in [6.45, 7) is -0.565. The number of aromatic nitrogens is 3. The summed E-state index contributed by atoms with van der Waals surface area (Å²) in [6.07, 6.45) is -1.56.